The maximum atomic E-state index is 13.3. The number of carbonyl (C=O) groups excluding carboxylic acids is 1. The predicted molar refractivity (Wildman–Crippen MR) is 74.0 cm³/mol. The Morgan fingerprint density at radius 2 is 2.00 bits per heavy atom. The van der Waals surface area contributed by atoms with Gasteiger partial charge in [-0.25, -0.2) is 4.39 Å². The minimum absolute atomic E-state index is 0.230. The van der Waals surface area contributed by atoms with E-state index < -0.39 is 0 Å². The third-order valence-corrected chi connectivity index (χ3v) is 4.55. The monoisotopic (exact) mass is 312 g/mol. The molecule has 0 N–H and O–H groups in total. The molecule has 0 saturated heterocycles. The van der Waals surface area contributed by atoms with Crippen LogP contribution in [0, 0.1) is 11.7 Å². The Labute approximate surface area is 116 Å². The average molecular weight is 313 g/mol. The lowest BCUT2D eigenvalue weighted by atomic mass is 9.85. The largest absolute Gasteiger partial charge is 0.299 e. The highest BCUT2D eigenvalue weighted by Gasteiger charge is 2.18. The molecule has 1 nitrogen and oxygen atoms in total. The summed E-state index contributed by atoms with van der Waals surface area (Å²) in [5, 5.41) is 0. The van der Waals surface area contributed by atoms with Gasteiger partial charge >= 0.3 is 0 Å². The van der Waals surface area contributed by atoms with Crippen LogP contribution in [0.3, 0.4) is 0 Å². The van der Waals surface area contributed by atoms with Crippen LogP contribution >= 0.6 is 15.9 Å². The summed E-state index contributed by atoms with van der Waals surface area (Å²) < 4.78 is 13.8. The summed E-state index contributed by atoms with van der Waals surface area (Å²) in [6.07, 6.45) is 7.16. The van der Waals surface area contributed by atoms with Crippen LogP contribution < -0.4 is 0 Å². The molecule has 0 aromatic heterocycles. The normalized spacial score (nSPS) is 16.8. The quantitative estimate of drug-likeness (QED) is 0.789. The van der Waals surface area contributed by atoms with Crippen molar-refractivity contribution in [1.29, 1.82) is 0 Å². The van der Waals surface area contributed by atoms with Crippen LogP contribution in [0.4, 0.5) is 4.39 Å². The van der Waals surface area contributed by atoms with Gasteiger partial charge < -0.3 is 0 Å². The van der Waals surface area contributed by atoms with Gasteiger partial charge in [-0.1, -0.05) is 44.2 Å². The Bertz CT molecular complexity index is 425. The summed E-state index contributed by atoms with van der Waals surface area (Å²) in [5.74, 6) is 0.491. The highest BCUT2D eigenvalue weighted by atomic mass is 79.9. The molecule has 18 heavy (non-hydrogen) atoms. The molecular weight excluding hydrogens is 295 g/mol. The van der Waals surface area contributed by atoms with Crippen molar-refractivity contribution in [2.75, 3.05) is 0 Å². The van der Waals surface area contributed by atoms with Crippen LogP contribution in [0.25, 0.3) is 0 Å². The first-order valence-corrected chi connectivity index (χ1v) is 7.40. The minimum Gasteiger partial charge on any atom is -0.299 e. The Hall–Kier alpha value is -0.700. The molecule has 1 aliphatic rings. The van der Waals surface area contributed by atoms with Crippen LogP contribution in [-0.2, 0) is 11.2 Å². The predicted octanol–water partition coefficient (Wildman–Crippen LogP) is 4.67. The summed E-state index contributed by atoms with van der Waals surface area (Å²) in [5.41, 5.74) is 0.760. The number of rotatable bonds is 4. The Balaban J connectivity index is 1.92. The van der Waals surface area contributed by atoms with E-state index in [1.807, 2.05) is 6.07 Å². The van der Waals surface area contributed by atoms with Gasteiger partial charge in [-0.05, 0) is 33.5 Å². The van der Waals surface area contributed by atoms with E-state index in [0.717, 1.165) is 5.56 Å². The number of benzene rings is 1. The lowest BCUT2D eigenvalue weighted by Crippen LogP contribution is -2.14. The maximum absolute atomic E-state index is 13.3. The van der Waals surface area contributed by atoms with Gasteiger partial charge in [0.05, 0.1) is 4.47 Å². The molecule has 0 aliphatic heterocycles. The van der Waals surface area contributed by atoms with Gasteiger partial charge in [-0.3, -0.25) is 4.79 Å². The van der Waals surface area contributed by atoms with Crippen LogP contribution in [0.5, 0.6) is 0 Å². The summed E-state index contributed by atoms with van der Waals surface area (Å²) >= 11 is 3.21. The van der Waals surface area contributed by atoms with E-state index >= 15 is 0 Å². The Kier molecular flexibility index (Phi) is 4.93. The van der Waals surface area contributed by atoms with Crippen molar-refractivity contribution in [1.82, 2.24) is 0 Å². The van der Waals surface area contributed by atoms with Crippen LogP contribution in [0.1, 0.15) is 44.1 Å². The fourth-order valence-corrected chi connectivity index (χ4v) is 3.09. The highest BCUT2D eigenvalue weighted by molar-refractivity contribution is 9.10. The molecule has 3 heteroatoms. The molecule has 0 atom stereocenters. The van der Waals surface area contributed by atoms with Gasteiger partial charge in [0, 0.05) is 12.8 Å². The van der Waals surface area contributed by atoms with Crippen molar-refractivity contribution in [2.24, 2.45) is 5.92 Å². The number of hydrogen-bond donors (Lipinski definition) is 0. The van der Waals surface area contributed by atoms with Gasteiger partial charge in [0.2, 0.25) is 0 Å². The number of halogens is 2. The zero-order chi connectivity index (χ0) is 13.0. The van der Waals surface area contributed by atoms with Crippen LogP contribution in [0.15, 0.2) is 22.7 Å². The minimum atomic E-state index is -0.294. The standard InChI is InChI=1S/C15H18BrFO/c16-15-12(7-4-8-14(15)17)10-13(18)9-11-5-2-1-3-6-11/h4,7-8,11H,1-3,5-6,9-10H2. The fraction of sp³-hybridized carbons (Fsp3) is 0.533. The van der Waals surface area contributed by atoms with E-state index in [-0.39, 0.29) is 11.6 Å². The molecule has 1 fully saturated rings. The summed E-state index contributed by atoms with van der Waals surface area (Å²) in [6, 6.07) is 4.87. The van der Waals surface area contributed by atoms with Gasteiger partial charge in [-0.15, -0.1) is 0 Å². The molecule has 0 unspecified atom stereocenters. The van der Waals surface area contributed by atoms with E-state index in [0.29, 0.717) is 23.2 Å². The molecule has 98 valence electrons. The van der Waals surface area contributed by atoms with E-state index in [1.54, 1.807) is 6.07 Å². The number of carbonyl (C=O) groups is 1. The average Bonchev–Trinajstić information content (AvgIpc) is 2.36. The van der Waals surface area contributed by atoms with Crippen molar-refractivity contribution in [3.63, 3.8) is 0 Å². The van der Waals surface area contributed by atoms with E-state index in [1.165, 1.54) is 38.2 Å². The Morgan fingerprint density at radius 3 is 2.72 bits per heavy atom. The molecule has 0 radical (unpaired) electrons. The molecule has 1 aromatic rings. The number of hydrogen-bond acceptors (Lipinski definition) is 1. The van der Waals surface area contributed by atoms with E-state index in [2.05, 4.69) is 15.9 Å². The van der Waals surface area contributed by atoms with Crippen molar-refractivity contribution in [3.05, 3.63) is 34.1 Å². The third-order valence-electron chi connectivity index (χ3n) is 3.66. The summed E-state index contributed by atoms with van der Waals surface area (Å²) in [4.78, 5) is 12.0. The number of ketones is 1. The first-order chi connectivity index (χ1) is 8.66. The van der Waals surface area contributed by atoms with Crippen molar-refractivity contribution in [3.8, 4) is 0 Å². The van der Waals surface area contributed by atoms with Gasteiger partial charge in [0.25, 0.3) is 0 Å². The van der Waals surface area contributed by atoms with Crippen molar-refractivity contribution in [2.45, 2.75) is 44.9 Å². The second-order valence-electron chi connectivity index (χ2n) is 5.14. The SMILES string of the molecule is O=C(Cc1cccc(F)c1Br)CC1CCCCC1. The van der Waals surface area contributed by atoms with Crippen LogP contribution in [0.2, 0.25) is 0 Å². The van der Waals surface area contributed by atoms with Crippen molar-refractivity contribution >= 4 is 21.7 Å². The zero-order valence-corrected chi connectivity index (χ0v) is 12.0. The smallest absolute Gasteiger partial charge is 0.137 e. The lowest BCUT2D eigenvalue weighted by molar-refractivity contribution is -0.119. The zero-order valence-electron chi connectivity index (χ0n) is 10.4. The van der Waals surface area contributed by atoms with Gasteiger partial charge in [0.1, 0.15) is 11.6 Å². The fourth-order valence-electron chi connectivity index (χ4n) is 2.68. The summed E-state index contributed by atoms with van der Waals surface area (Å²) in [6.45, 7) is 0. The molecule has 0 heterocycles. The topological polar surface area (TPSA) is 17.1 Å². The highest BCUT2D eigenvalue weighted by Crippen LogP contribution is 2.28. The molecule has 1 aliphatic carbocycles. The molecule has 0 spiro atoms. The first kappa shape index (κ1) is 13.7. The van der Waals surface area contributed by atoms with Crippen molar-refractivity contribution < 1.29 is 9.18 Å². The Morgan fingerprint density at radius 1 is 1.28 bits per heavy atom. The molecule has 1 saturated carbocycles. The van der Waals surface area contributed by atoms with E-state index in [4.69, 9.17) is 0 Å². The van der Waals surface area contributed by atoms with E-state index in [9.17, 15) is 9.18 Å². The van der Waals surface area contributed by atoms with Gasteiger partial charge in [0.15, 0.2) is 0 Å². The number of Topliss-reactive ketones (excluding diaryl/α,β-unsaturated/α-hetero) is 1. The molecule has 0 bridgehead atoms. The molecular formula is C15H18BrFO. The van der Waals surface area contributed by atoms with Gasteiger partial charge in [-0.2, -0.15) is 0 Å². The second-order valence-corrected chi connectivity index (χ2v) is 5.93. The second kappa shape index (κ2) is 6.46. The molecule has 0 amide bonds. The molecule has 1 aromatic carbocycles. The third kappa shape index (κ3) is 3.64. The van der Waals surface area contributed by atoms with Crippen LogP contribution in [-0.4, -0.2) is 5.78 Å². The lowest BCUT2D eigenvalue weighted by Gasteiger charge is -2.20. The molecule has 2 rings (SSSR count). The first-order valence-electron chi connectivity index (χ1n) is 6.61. The summed E-state index contributed by atoms with van der Waals surface area (Å²) in [7, 11) is 0. The maximum Gasteiger partial charge on any atom is 0.137 e.